The number of hydrogen-bond acceptors (Lipinski definition) is 3. The third-order valence-electron chi connectivity index (χ3n) is 0.764. The lowest BCUT2D eigenvalue weighted by atomic mass is 10.2. The average Bonchev–Trinajstić information content (AvgIpc) is 1.66. The standard InChI is InChI=1S/C5H10O3/c1-5(6)3-2-4-8-7/h7H,2-4H2,1H3. The maximum Gasteiger partial charge on any atom is 0.129 e. The Morgan fingerprint density at radius 2 is 2.38 bits per heavy atom. The van der Waals surface area contributed by atoms with E-state index in [-0.39, 0.29) is 12.4 Å². The predicted molar refractivity (Wildman–Crippen MR) is 28.5 cm³/mol. The van der Waals surface area contributed by atoms with E-state index < -0.39 is 0 Å². The molecule has 0 aromatic carbocycles. The van der Waals surface area contributed by atoms with Crippen LogP contribution in [0.2, 0.25) is 0 Å². The summed E-state index contributed by atoms with van der Waals surface area (Å²) in [6.45, 7) is 1.76. The first kappa shape index (κ1) is 7.59. The van der Waals surface area contributed by atoms with Crippen LogP contribution in [-0.4, -0.2) is 17.6 Å². The van der Waals surface area contributed by atoms with Gasteiger partial charge in [0.25, 0.3) is 0 Å². The average molecular weight is 118 g/mol. The summed E-state index contributed by atoms with van der Waals surface area (Å²) in [7, 11) is 0. The molecule has 0 aliphatic heterocycles. The minimum absolute atomic E-state index is 0.127. The Morgan fingerprint density at radius 3 is 2.75 bits per heavy atom. The number of rotatable bonds is 4. The summed E-state index contributed by atoms with van der Waals surface area (Å²) >= 11 is 0. The fraction of sp³-hybridized carbons (Fsp3) is 0.800. The highest BCUT2D eigenvalue weighted by Gasteiger charge is 1.90. The molecule has 0 aromatic heterocycles. The van der Waals surface area contributed by atoms with E-state index in [1.807, 2.05) is 0 Å². The molecule has 0 rings (SSSR count). The van der Waals surface area contributed by atoms with Gasteiger partial charge in [-0.2, -0.15) is 0 Å². The van der Waals surface area contributed by atoms with E-state index in [9.17, 15) is 4.79 Å². The molecule has 3 nitrogen and oxygen atoms in total. The number of hydrogen-bond donors (Lipinski definition) is 1. The molecular weight excluding hydrogens is 108 g/mol. The fourth-order valence-corrected chi connectivity index (χ4v) is 0.386. The lowest BCUT2D eigenvalue weighted by Gasteiger charge is -1.90. The molecule has 3 heteroatoms. The van der Waals surface area contributed by atoms with Crippen molar-refractivity contribution >= 4 is 5.78 Å². The SMILES string of the molecule is CC(=O)CCCOO. The number of carbonyl (C=O) groups is 1. The molecule has 8 heavy (non-hydrogen) atoms. The van der Waals surface area contributed by atoms with Gasteiger partial charge in [-0.1, -0.05) is 0 Å². The first-order valence-corrected chi connectivity index (χ1v) is 2.53. The van der Waals surface area contributed by atoms with E-state index in [1.165, 1.54) is 6.92 Å². The highest BCUT2D eigenvalue weighted by molar-refractivity contribution is 5.75. The summed E-state index contributed by atoms with van der Waals surface area (Å²) in [6.07, 6.45) is 1.09. The van der Waals surface area contributed by atoms with Crippen LogP contribution in [-0.2, 0) is 9.68 Å². The van der Waals surface area contributed by atoms with E-state index >= 15 is 0 Å². The molecular formula is C5H10O3. The van der Waals surface area contributed by atoms with Gasteiger partial charge >= 0.3 is 0 Å². The van der Waals surface area contributed by atoms with E-state index in [0.29, 0.717) is 12.8 Å². The third-order valence-corrected chi connectivity index (χ3v) is 0.764. The second-order valence-corrected chi connectivity index (χ2v) is 1.64. The van der Waals surface area contributed by atoms with Crippen molar-refractivity contribution in [1.29, 1.82) is 0 Å². The Morgan fingerprint density at radius 1 is 1.75 bits per heavy atom. The highest BCUT2D eigenvalue weighted by Crippen LogP contribution is 1.88. The van der Waals surface area contributed by atoms with E-state index in [1.54, 1.807) is 0 Å². The summed E-state index contributed by atoms with van der Waals surface area (Å²) in [5, 5.41) is 7.77. The summed E-state index contributed by atoms with van der Waals surface area (Å²) in [4.78, 5) is 13.9. The maximum absolute atomic E-state index is 10.2. The molecule has 0 fully saturated rings. The van der Waals surface area contributed by atoms with Crippen LogP contribution in [0.3, 0.4) is 0 Å². The van der Waals surface area contributed by atoms with Crippen LogP contribution >= 0.6 is 0 Å². The minimum atomic E-state index is 0.127. The molecule has 48 valence electrons. The van der Waals surface area contributed by atoms with Gasteiger partial charge in [0.15, 0.2) is 0 Å². The van der Waals surface area contributed by atoms with Gasteiger partial charge in [-0.25, -0.2) is 4.89 Å². The Labute approximate surface area is 48.2 Å². The zero-order chi connectivity index (χ0) is 6.41. The predicted octanol–water partition coefficient (Wildman–Crippen LogP) is 0.845. The lowest BCUT2D eigenvalue weighted by Crippen LogP contribution is -1.94. The minimum Gasteiger partial charge on any atom is -0.300 e. The smallest absolute Gasteiger partial charge is 0.129 e. The van der Waals surface area contributed by atoms with Gasteiger partial charge in [0.05, 0.1) is 6.61 Å². The van der Waals surface area contributed by atoms with Gasteiger partial charge in [0.1, 0.15) is 5.78 Å². The van der Waals surface area contributed by atoms with Gasteiger partial charge in [-0.3, -0.25) is 5.26 Å². The van der Waals surface area contributed by atoms with Crippen LogP contribution in [0.15, 0.2) is 0 Å². The van der Waals surface area contributed by atoms with Crippen LogP contribution < -0.4 is 0 Å². The summed E-state index contributed by atoms with van der Waals surface area (Å²) < 4.78 is 0. The molecule has 0 bridgehead atoms. The number of ketones is 1. The molecule has 0 saturated carbocycles. The molecule has 0 aromatic rings. The highest BCUT2D eigenvalue weighted by atomic mass is 17.1. The second-order valence-electron chi connectivity index (χ2n) is 1.64. The van der Waals surface area contributed by atoms with Crippen molar-refractivity contribution in [1.82, 2.24) is 0 Å². The molecule has 0 amide bonds. The van der Waals surface area contributed by atoms with Crippen LogP contribution in [0.5, 0.6) is 0 Å². The van der Waals surface area contributed by atoms with Crippen molar-refractivity contribution in [2.24, 2.45) is 0 Å². The quantitative estimate of drug-likeness (QED) is 0.338. The van der Waals surface area contributed by atoms with Crippen molar-refractivity contribution in [3.8, 4) is 0 Å². The molecule has 0 heterocycles. The monoisotopic (exact) mass is 118 g/mol. The molecule has 0 spiro atoms. The van der Waals surface area contributed by atoms with Crippen LogP contribution in [0.25, 0.3) is 0 Å². The zero-order valence-electron chi connectivity index (χ0n) is 4.89. The third kappa shape index (κ3) is 5.59. The Balaban J connectivity index is 2.82. The summed E-state index contributed by atoms with van der Waals surface area (Å²) in [6, 6.07) is 0. The first-order valence-electron chi connectivity index (χ1n) is 2.53. The molecule has 0 saturated heterocycles. The van der Waals surface area contributed by atoms with Crippen molar-refractivity contribution in [2.75, 3.05) is 6.61 Å². The van der Waals surface area contributed by atoms with Crippen molar-refractivity contribution in [3.63, 3.8) is 0 Å². The van der Waals surface area contributed by atoms with Crippen molar-refractivity contribution in [3.05, 3.63) is 0 Å². The van der Waals surface area contributed by atoms with Crippen LogP contribution in [0.4, 0.5) is 0 Å². The molecule has 0 unspecified atom stereocenters. The van der Waals surface area contributed by atoms with Gasteiger partial charge < -0.3 is 4.79 Å². The first-order chi connectivity index (χ1) is 3.77. The lowest BCUT2D eigenvalue weighted by molar-refractivity contribution is -0.242. The fourth-order valence-electron chi connectivity index (χ4n) is 0.386. The normalized spacial score (nSPS) is 9.25. The van der Waals surface area contributed by atoms with Crippen molar-refractivity contribution < 1.29 is 14.9 Å². The van der Waals surface area contributed by atoms with Gasteiger partial charge in [-0.15, -0.1) is 0 Å². The van der Waals surface area contributed by atoms with Gasteiger partial charge in [0.2, 0.25) is 0 Å². The van der Waals surface area contributed by atoms with E-state index in [0.717, 1.165) is 0 Å². The summed E-state index contributed by atoms with van der Waals surface area (Å²) in [5.74, 6) is 0.127. The molecule has 1 N–H and O–H groups in total. The number of carbonyl (C=O) groups excluding carboxylic acids is 1. The van der Waals surface area contributed by atoms with Gasteiger partial charge in [0, 0.05) is 6.42 Å². The molecule has 0 aliphatic rings. The Kier molecular flexibility index (Phi) is 4.50. The van der Waals surface area contributed by atoms with Gasteiger partial charge in [-0.05, 0) is 13.3 Å². The molecule has 0 radical (unpaired) electrons. The largest absolute Gasteiger partial charge is 0.300 e. The Bertz CT molecular complexity index is 70.1. The second kappa shape index (κ2) is 4.74. The summed E-state index contributed by atoms with van der Waals surface area (Å²) in [5.41, 5.74) is 0. The zero-order valence-corrected chi connectivity index (χ0v) is 4.89. The maximum atomic E-state index is 10.2. The van der Waals surface area contributed by atoms with Crippen LogP contribution in [0.1, 0.15) is 19.8 Å². The van der Waals surface area contributed by atoms with Crippen molar-refractivity contribution in [2.45, 2.75) is 19.8 Å². The van der Waals surface area contributed by atoms with Crippen LogP contribution in [0, 0.1) is 0 Å². The number of Topliss-reactive ketones (excluding diaryl/α,β-unsaturated/α-hetero) is 1. The topological polar surface area (TPSA) is 46.5 Å². The van der Waals surface area contributed by atoms with E-state index in [4.69, 9.17) is 5.26 Å². The molecule has 0 atom stereocenters. The van der Waals surface area contributed by atoms with E-state index in [2.05, 4.69) is 4.89 Å². The Hall–Kier alpha value is -0.410. The molecule has 0 aliphatic carbocycles.